The lowest BCUT2D eigenvalue weighted by Crippen LogP contribution is -2.33. The van der Waals surface area contributed by atoms with E-state index < -0.39 is 18.2 Å². The zero-order chi connectivity index (χ0) is 16.3. The molecule has 0 saturated heterocycles. The lowest BCUT2D eigenvalue weighted by Gasteiger charge is -2.14. The second-order valence-corrected chi connectivity index (χ2v) is 4.76. The van der Waals surface area contributed by atoms with Crippen LogP contribution in [0.2, 0.25) is 0 Å². The molecule has 22 heavy (non-hydrogen) atoms. The molecule has 2 unspecified atom stereocenters. The minimum absolute atomic E-state index is 0.111. The summed E-state index contributed by atoms with van der Waals surface area (Å²) in [5.74, 6) is 0.171. The number of nitrogens with one attached hydrogen (secondary N) is 1. The molecule has 0 spiro atoms. The molecule has 0 bridgehead atoms. The molecule has 1 aromatic carbocycles. The molecule has 0 aliphatic rings. The van der Waals surface area contributed by atoms with Crippen LogP contribution >= 0.6 is 0 Å². The number of rotatable bonds is 5. The number of phenolic OH excluding ortho intramolecular Hbond substituents is 1. The highest BCUT2D eigenvalue weighted by Gasteiger charge is 2.14. The predicted molar refractivity (Wildman–Crippen MR) is 80.6 cm³/mol. The van der Waals surface area contributed by atoms with E-state index in [1.165, 1.54) is 18.2 Å². The van der Waals surface area contributed by atoms with Crippen molar-refractivity contribution in [3.05, 3.63) is 36.0 Å². The molecule has 1 amide bonds. The van der Waals surface area contributed by atoms with Gasteiger partial charge >= 0.3 is 0 Å². The third kappa shape index (κ3) is 3.68. The lowest BCUT2D eigenvalue weighted by atomic mass is 10.2. The zero-order valence-corrected chi connectivity index (χ0v) is 11.9. The number of aromatic nitrogens is 2. The number of anilines is 1. The summed E-state index contributed by atoms with van der Waals surface area (Å²) in [6, 6.07) is 7.02. The molecule has 7 N–H and O–H groups in total. The van der Waals surface area contributed by atoms with Crippen LogP contribution < -0.4 is 16.8 Å². The SMILES string of the molecule is CC(Nc1cc(C(N)O)nc(-c2ccc(O)cc2)n1)C(N)=O. The van der Waals surface area contributed by atoms with E-state index in [1.54, 1.807) is 19.1 Å². The van der Waals surface area contributed by atoms with Crippen molar-refractivity contribution in [2.24, 2.45) is 11.5 Å². The lowest BCUT2D eigenvalue weighted by molar-refractivity contribution is -0.118. The molecule has 8 nitrogen and oxygen atoms in total. The first kappa shape index (κ1) is 15.7. The van der Waals surface area contributed by atoms with Crippen molar-refractivity contribution in [1.29, 1.82) is 0 Å². The quantitative estimate of drug-likeness (QED) is 0.491. The van der Waals surface area contributed by atoms with Gasteiger partial charge in [-0.2, -0.15) is 0 Å². The largest absolute Gasteiger partial charge is 0.508 e. The minimum Gasteiger partial charge on any atom is -0.508 e. The number of hydrogen-bond donors (Lipinski definition) is 5. The number of primary amides is 1. The van der Waals surface area contributed by atoms with Crippen LogP contribution in [-0.2, 0) is 4.79 Å². The molecule has 0 fully saturated rings. The van der Waals surface area contributed by atoms with Crippen LogP contribution in [0.3, 0.4) is 0 Å². The number of phenols is 1. The average Bonchev–Trinajstić information content (AvgIpc) is 2.47. The molecule has 0 saturated carbocycles. The van der Waals surface area contributed by atoms with E-state index in [2.05, 4.69) is 15.3 Å². The Morgan fingerprint density at radius 3 is 2.45 bits per heavy atom. The van der Waals surface area contributed by atoms with Gasteiger partial charge in [0.05, 0.1) is 5.69 Å². The number of carbonyl (C=O) groups excluding carboxylic acids is 1. The summed E-state index contributed by atoms with van der Waals surface area (Å²) in [6.07, 6.45) is -1.29. The van der Waals surface area contributed by atoms with Gasteiger partial charge in [-0.15, -0.1) is 0 Å². The van der Waals surface area contributed by atoms with Crippen LogP contribution in [-0.4, -0.2) is 32.1 Å². The Balaban J connectivity index is 2.43. The molecule has 2 rings (SSSR count). The summed E-state index contributed by atoms with van der Waals surface area (Å²) < 4.78 is 0. The summed E-state index contributed by atoms with van der Waals surface area (Å²) in [5, 5.41) is 21.7. The van der Waals surface area contributed by atoms with Gasteiger partial charge in [-0.1, -0.05) is 0 Å². The van der Waals surface area contributed by atoms with Crippen molar-refractivity contribution < 1.29 is 15.0 Å². The number of aliphatic hydroxyl groups is 1. The van der Waals surface area contributed by atoms with Crippen LogP contribution in [0.4, 0.5) is 5.82 Å². The second-order valence-electron chi connectivity index (χ2n) is 4.76. The fourth-order valence-corrected chi connectivity index (χ4v) is 1.72. The molecular formula is C14H17N5O3. The van der Waals surface area contributed by atoms with Gasteiger partial charge in [0.2, 0.25) is 5.91 Å². The third-order valence-electron chi connectivity index (χ3n) is 2.97. The standard InChI is InChI=1S/C14H17N5O3/c1-7(12(15)21)17-11-6-10(13(16)22)18-14(19-11)8-2-4-9(20)5-3-8/h2-7,13,20,22H,16H2,1H3,(H2,15,21)(H,17,18,19). The van der Waals surface area contributed by atoms with E-state index in [0.717, 1.165) is 0 Å². The van der Waals surface area contributed by atoms with Crippen molar-refractivity contribution in [1.82, 2.24) is 9.97 Å². The van der Waals surface area contributed by atoms with Crippen molar-refractivity contribution in [3.8, 4) is 17.1 Å². The van der Waals surface area contributed by atoms with Crippen molar-refractivity contribution in [2.75, 3.05) is 5.32 Å². The van der Waals surface area contributed by atoms with Gasteiger partial charge in [-0.25, -0.2) is 9.97 Å². The van der Waals surface area contributed by atoms with Crippen LogP contribution in [0.5, 0.6) is 5.75 Å². The van der Waals surface area contributed by atoms with Gasteiger partial charge in [0.25, 0.3) is 0 Å². The number of aromatic hydroxyl groups is 1. The number of nitrogens with zero attached hydrogens (tertiary/aromatic N) is 2. The van der Waals surface area contributed by atoms with E-state index in [4.69, 9.17) is 11.5 Å². The molecule has 116 valence electrons. The molecule has 2 aromatic rings. The van der Waals surface area contributed by atoms with Gasteiger partial charge in [0, 0.05) is 11.6 Å². The van der Waals surface area contributed by atoms with Crippen LogP contribution in [0.15, 0.2) is 30.3 Å². The van der Waals surface area contributed by atoms with Gasteiger partial charge < -0.3 is 27.0 Å². The Morgan fingerprint density at radius 1 is 1.27 bits per heavy atom. The predicted octanol–water partition coefficient (Wildman–Crippen LogP) is 0.0845. The smallest absolute Gasteiger partial charge is 0.239 e. The minimum atomic E-state index is -1.29. The summed E-state index contributed by atoms with van der Waals surface area (Å²) in [4.78, 5) is 19.6. The topological polar surface area (TPSA) is 147 Å². The molecule has 2 atom stereocenters. The maximum absolute atomic E-state index is 11.1. The van der Waals surface area contributed by atoms with Crippen molar-refractivity contribution in [2.45, 2.75) is 19.2 Å². The highest BCUT2D eigenvalue weighted by Crippen LogP contribution is 2.22. The van der Waals surface area contributed by atoms with Gasteiger partial charge in [0.1, 0.15) is 23.8 Å². The highest BCUT2D eigenvalue weighted by molar-refractivity contribution is 5.82. The first-order valence-electron chi connectivity index (χ1n) is 6.54. The Kier molecular flexibility index (Phi) is 4.54. The molecule has 1 aromatic heterocycles. The molecule has 0 aliphatic carbocycles. The summed E-state index contributed by atoms with van der Waals surface area (Å²) in [7, 11) is 0. The third-order valence-corrected chi connectivity index (χ3v) is 2.97. The zero-order valence-electron chi connectivity index (χ0n) is 11.9. The number of hydrogen-bond acceptors (Lipinski definition) is 7. The van der Waals surface area contributed by atoms with E-state index in [1.807, 2.05) is 0 Å². The molecular weight excluding hydrogens is 286 g/mol. The first-order chi connectivity index (χ1) is 10.4. The van der Waals surface area contributed by atoms with Crippen LogP contribution in [0, 0.1) is 0 Å². The highest BCUT2D eigenvalue weighted by atomic mass is 16.3. The Hall–Kier alpha value is -2.71. The van der Waals surface area contributed by atoms with Crippen molar-refractivity contribution in [3.63, 3.8) is 0 Å². The molecule has 0 radical (unpaired) electrons. The van der Waals surface area contributed by atoms with Crippen LogP contribution in [0.25, 0.3) is 11.4 Å². The maximum Gasteiger partial charge on any atom is 0.239 e. The normalized spacial score (nSPS) is 13.4. The van der Waals surface area contributed by atoms with E-state index in [9.17, 15) is 15.0 Å². The fraction of sp³-hybridized carbons (Fsp3) is 0.214. The van der Waals surface area contributed by atoms with Crippen molar-refractivity contribution >= 4 is 11.7 Å². The number of amides is 1. The number of nitrogens with two attached hydrogens (primary N) is 2. The molecule has 1 heterocycles. The second kappa shape index (κ2) is 6.37. The molecule has 0 aliphatic heterocycles. The number of benzene rings is 1. The fourth-order valence-electron chi connectivity index (χ4n) is 1.72. The molecule has 8 heteroatoms. The van der Waals surface area contributed by atoms with E-state index in [0.29, 0.717) is 17.2 Å². The first-order valence-corrected chi connectivity index (χ1v) is 6.54. The van der Waals surface area contributed by atoms with E-state index >= 15 is 0 Å². The van der Waals surface area contributed by atoms with Gasteiger partial charge in [-0.3, -0.25) is 4.79 Å². The Bertz CT molecular complexity index is 673. The average molecular weight is 303 g/mol. The van der Waals surface area contributed by atoms with E-state index in [-0.39, 0.29) is 11.4 Å². The Morgan fingerprint density at radius 2 is 1.91 bits per heavy atom. The van der Waals surface area contributed by atoms with Gasteiger partial charge in [0.15, 0.2) is 5.82 Å². The number of aliphatic hydroxyl groups excluding tert-OH is 1. The Labute approximate surface area is 126 Å². The maximum atomic E-state index is 11.1. The van der Waals surface area contributed by atoms with Crippen LogP contribution in [0.1, 0.15) is 18.8 Å². The summed E-state index contributed by atoms with van der Waals surface area (Å²) >= 11 is 0. The summed E-state index contributed by atoms with van der Waals surface area (Å²) in [5.41, 5.74) is 11.5. The summed E-state index contributed by atoms with van der Waals surface area (Å²) in [6.45, 7) is 1.59. The number of carbonyl (C=O) groups is 1. The van der Waals surface area contributed by atoms with Gasteiger partial charge in [-0.05, 0) is 31.2 Å². The monoisotopic (exact) mass is 303 g/mol.